The molecule has 0 unspecified atom stereocenters. The molecule has 6 nitrogen and oxygen atoms in total. The first-order chi connectivity index (χ1) is 31.1. The lowest BCUT2D eigenvalue weighted by Crippen LogP contribution is -2.02. The van der Waals surface area contributed by atoms with Gasteiger partial charge in [-0.15, -0.1) is 0 Å². The van der Waals surface area contributed by atoms with E-state index in [1.54, 1.807) is 0 Å². The van der Waals surface area contributed by atoms with Crippen LogP contribution in [0.2, 0.25) is 0 Å². The second-order valence-electron chi connectivity index (χ2n) is 16.3. The van der Waals surface area contributed by atoms with Crippen LogP contribution >= 0.6 is 0 Å². The van der Waals surface area contributed by atoms with Crippen molar-refractivity contribution in [3.05, 3.63) is 199 Å². The SMILES string of the molecule is N#Cc1cc2c(cc1-n1c3ccccc3c3ccccc31)c1cc(C#N)c(-n3c4ccccc4c4ccccc43)cc1c1cc(C=N)c(-n3c4ccccc4c4ccccc43)cc21. The predicted octanol–water partition coefficient (Wildman–Crippen LogP) is 14.2. The third-order valence-electron chi connectivity index (χ3n) is 13.2. The second-order valence-corrected chi connectivity index (χ2v) is 16.3. The number of hydrogen-bond donors (Lipinski definition) is 1. The molecule has 0 fully saturated rings. The van der Waals surface area contributed by atoms with E-state index in [4.69, 9.17) is 5.41 Å². The van der Waals surface area contributed by atoms with Crippen molar-refractivity contribution in [2.24, 2.45) is 0 Å². The molecule has 0 radical (unpaired) electrons. The van der Waals surface area contributed by atoms with Gasteiger partial charge in [0.1, 0.15) is 12.1 Å². The van der Waals surface area contributed by atoms with Crippen LogP contribution in [0.1, 0.15) is 16.7 Å². The number of hydrogen-bond acceptors (Lipinski definition) is 3. The summed E-state index contributed by atoms with van der Waals surface area (Å²) in [5.41, 5.74) is 10.4. The summed E-state index contributed by atoms with van der Waals surface area (Å²) in [5.74, 6) is 0. The molecule has 63 heavy (non-hydrogen) atoms. The van der Waals surface area contributed by atoms with Crippen molar-refractivity contribution in [2.75, 3.05) is 0 Å². The van der Waals surface area contributed by atoms with E-state index in [1.807, 2.05) is 36.4 Å². The van der Waals surface area contributed by atoms with Crippen LogP contribution in [-0.2, 0) is 0 Å². The zero-order valence-corrected chi connectivity index (χ0v) is 33.6. The molecule has 13 aromatic rings. The molecule has 0 saturated heterocycles. The lowest BCUT2D eigenvalue weighted by atomic mass is 9.89. The summed E-state index contributed by atoms with van der Waals surface area (Å²) in [6.45, 7) is 0. The number of benzene rings is 10. The Labute approximate surface area is 360 Å². The van der Waals surface area contributed by atoms with Crippen LogP contribution in [0, 0.1) is 28.1 Å². The zero-order valence-electron chi connectivity index (χ0n) is 33.6. The Morgan fingerprint density at radius 1 is 0.317 bits per heavy atom. The maximum Gasteiger partial charge on any atom is 0.101 e. The van der Waals surface area contributed by atoms with Crippen LogP contribution in [0.3, 0.4) is 0 Å². The fourth-order valence-electron chi connectivity index (χ4n) is 10.5. The quantitative estimate of drug-likeness (QED) is 0.142. The predicted molar refractivity (Wildman–Crippen MR) is 259 cm³/mol. The number of fused-ring (bicyclic) bond motifs is 15. The van der Waals surface area contributed by atoms with Gasteiger partial charge in [0.2, 0.25) is 0 Å². The van der Waals surface area contributed by atoms with E-state index in [0.717, 1.165) is 120 Å². The Hall–Kier alpha value is -8.97. The summed E-state index contributed by atoms with van der Waals surface area (Å²) < 4.78 is 6.68. The highest BCUT2D eigenvalue weighted by Gasteiger charge is 2.23. The van der Waals surface area contributed by atoms with E-state index in [0.29, 0.717) is 11.1 Å². The third kappa shape index (κ3) is 4.72. The topological polar surface area (TPSA) is 86.2 Å². The van der Waals surface area contributed by atoms with Crippen molar-refractivity contribution in [2.45, 2.75) is 0 Å². The van der Waals surface area contributed by atoms with Gasteiger partial charge in [-0.25, -0.2) is 0 Å². The highest BCUT2D eigenvalue weighted by atomic mass is 15.0. The Morgan fingerprint density at radius 3 is 0.873 bits per heavy atom. The standard InChI is InChI=1S/C57H32N6/c58-31-34-25-43-46(28-55(34)61-49-19-7-1-13-37(49)38-14-2-8-20-50(38)61)44-26-35(32-59)57(63-53-23-11-5-17-41(53)42-18-6-12-24-54(42)63)30-48(44)45-27-36(33-60)56(29-47(43)45)62-51-21-9-3-15-39(51)40-16-4-10-22-52(40)62/h1-31,58H. The van der Waals surface area contributed by atoms with E-state index in [9.17, 15) is 10.5 Å². The molecule has 0 aliphatic heterocycles. The molecular weight excluding hydrogens is 769 g/mol. The third-order valence-corrected chi connectivity index (χ3v) is 13.2. The van der Waals surface area contributed by atoms with Gasteiger partial charge in [0, 0.05) is 44.1 Å². The van der Waals surface area contributed by atoms with Crippen LogP contribution in [-0.4, -0.2) is 19.9 Å². The van der Waals surface area contributed by atoms with Gasteiger partial charge in [-0.2, -0.15) is 10.5 Å². The molecule has 0 aliphatic rings. The Balaban J connectivity index is 1.22. The van der Waals surface area contributed by atoms with Crippen LogP contribution in [0.25, 0.3) is 115 Å². The fraction of sp³-hybridized carbons (Fsp3) is 0. The minimum Gasteiger partial charge on any atom is -0.309 e. The average molecular weight is 801 g/mol. The number of nitrogens with one attached hydrogen (secondary N) is 1. The number of aromatic nitrogens is 3. The highest BCUT2D eigenvalue weighted by Crippen LogP contribution is 2.44. The maximum absolute atomic E-state index is 11.1. The molecule has 0 bridgehead atoms. The molecule has 0 aliphatic carbocycles. The van der Waals surface area contributed by atoms with Crippen LogP contribution < -0.4 is 0 Å². The van der Waals surface area contributed by atoms with Gasteiger partial charge in [0.15, 0.2) is 0 Å². The Bertz CT molecular complexity index is 4050. The van der Waals surface area contributed by atoms with E-state index in [1.165, 1.54) is 6.21 Å². The minimum atomic E-state index is 0.534. The van der Waals surface area contributed by atoms with Gasteiger partial charge in [0.05, 0.1) is 61.3 Å². The number of para-hydroxylation sites is 6. The molecule has 1 N–H and O–H groups in total. The minimum absolute atomic E-state index is 0.534. The van der Waals surface area contributed by atoms with Gasteiger partial charge < -0.3 is 19.1 Å². The fourth-order valence-corrected chi connectivity index (χ4v) is 10.5. The maximum atomic E-state index is 11.1. The summed E-state index contributed by atoms with van der Waals surface area (Å²) in [5, 5.41) is 43.3. The average Bonchev–Trinajstić information content (AvgIpc) is 3.98. The molecule has 6 heteroatoms. The van der Waals surface area contributed by atoms with E-state index in [2.05, 4.69) is 171 Å². The first-order valence-electron chi connectivity index (χ1n) is 21.0. The Kier molecular flexibility index (Phi) is 7.20. The first-order valence-corrected chi connectivity index (χ1v) is 21.0. The molecule has 0 amide bonds. The summed E-state index contributed by atoms with van der Waals surface area (Å²) in [6, 6.07) is 68.1. The largest absolute Gasteiger partial charge is 0.309 e. The van der Waals surface area contributed by atoms with Crippen molar-refractivity contribution in [1.29, 1.82) is 15.9 Å². The van der Waals surface area contributed by atoms with Crippen LogP contribution in [0.4, 0.5) is 0 Å². The molecule has 13 rings (SSSR count). The monoisotopic (exact) mass is 800 g/mol. The van der Waals surface area contributed by atoms with E-state index < -0.39 is 0 Å². The number of rotatable bonds is 4. The normalized spacial score (nSPS) is 11.8. The van der Waals surface area contributed by atoms with Gasteiger partial charge in [-0.1, -0.05) is 109 Å². The Morgan fingerprint density at radius 2 is 0.571 bits per heavy atom. The summed E-state index contributed by atoms with van der Waals surface area (Å²) in [6.07, 6.45) is 1.44. The lowest BCUT2D eigenvalue weighted by molar-refractivity contribution is 1.17. The number of nitrogens with zero attached hydrogens (tertiary/aromatic N) is 5. The smallest absolute Gasteiger partial charge is 0.101 e. The second kappa shape index (κ2) is 13.0. The lowest BCUT2D eigenvalue weighted by Gasteiger charge is -2.19. The molecule has 10 aromatic carbocycles. The van der Waals surface area contributed by atoms with Crippen LogP contribution in [0.15, 0.2) is 182 Å². The van der Waals surface area contributed by atoms with Gasteiger partial charge >= 0.3 is 0 Å². The van der Waals surface area contributed by atoms with Crippen molar-refractivity contribution >= 4 is 104 Å². The molecule has 3 heterocycles. The molecule has 0 atom stereocenters. The van der Waals surface area contributed by atoms with Crippen molar-refractivity contribution in [3.8, 4) is 29.2 Å². The van der Waals surface area contributed by atoms with E-state index >= 15 is 0 Å². The van der Waals surface area contributed by atoms with Crippen molar-refractivity contribution in [3.63, 3.8) is 0 Å². The van der Waals surface area contributed by atoms with Gasteiger partial charge in [-0.05, 0) is 105 Å². The van der Waals surface area contributed by atoms with Crippen LogP contribution in [0.5, 0.6) is 0 Å². The zero-order chi connectivity index (χ0) is 41.9. The highest BCUT2D eigenvalue weighted by molar-refractivity contribution is 6.28. The van der Waals surface area contributed by atoms with Gasteiger partial charge in [0.25, 0.3) is 0 Å². The number of nitriles is 2. The summed E-state index contributed by atoms with van der Waals surface area (Å²) >= 11 is 0. The molecule has 290 valence electrons. The first kappa shape index (κ1) is 34.8. The molecule has 0 saturated carbocycles. The van der Waals surface area contributed by atoms with Gasteiger partial charge in [-0.3, -0.25) is 0 Å². The van der Waals surface area contributed by atoms with Crippen molar-refractivity contribution < 1.29 is 0 Å². The molecule has 0 spiro atoms. The summed E-state index contributed by atoms with van der Waals surface area (Å²) in [4.78, 5) is 0. The van der Waals surface area contributed by atoms with E-state index in [-0.39, 0.29) is 0 Å². The molecule has 3 aromatic heterocycles. The van der Waals surface area contributed by atoms with Crippen molar-refractivity contribution in [1.82, 2.24) is 13.7 Å². The molecular formula is C57H32N6. The summed E-state index contributed by atoms with van der Waals surface area (Å²) in [7, 11) is 0.